The van der Waals surface area contributed by atoms with E-state index in [2.05, 4.69) is 4.42 Å². The first-order valence-corrected chi connectivity index (χ1v) is 4.43. The zero-order valence-electron chi connectivity index (χ0n) is 8.21. The zero-order chi connectivity index (χ0) is 12.8. The van der Waals surface area contributed by atoms with Crippen LogP contribution in [0.5, 0.6) is 0 Å². The molecule has 0 atom stereocenters. The molecule has 1 aromatic heterocycles. The van der Waals surface area contributed by atoms with Crippen LogP contribution >= 0.6 is 0 Å². The van der Waals surface area contributed by atoms with Gasteiger partial charge in [-0.3, -0.25) is 0 Å². The molecule has 90 valence electrons. The lowest BCUT2D eigenvalue weighted by molar-refractivity contribution is -0.152. The monoisotopic (exact) mass is 245 g/mol. The van der Waals surface area contributed by atoms with Crippen molar-refractivity contribution in [3.63, 3.8) is 0 Å². The van der Waals surface area contributed by atoms with E-state index in [1.807, 2.05) is 0 Å². The standard InChI is InChI=1S/C10H6F3NO3/c11-10(12,13)8-7(9(15)16)5-3-4(14)1-2-6(5)17-8/h1-3H,14H2,(H,15,16). The van der Waals surface area contributed by atoms with E-state index in [-0.39, 0.29) is 16.7 Å². The number of carbonyl (C=O) groups is 1. The first-order chi connectivity index (χ1) is 7.80. The number of fused-ring (bicyclic) bond motifs is 1. The topological polar surface area (TPSA) is 76.5 Å². The Bertz CT molecular complexity index is 601. The Morgan fingerprint density at radius 1 is 1.35 bits per heavy atom. The molecule has 3 N–H and O–H groups in total. The number of anilines is 1. The van der Waals surface area contributed by atoms with Crippen LogP contribution in [-0.2, 0) is 6.18 Å². The lowest BCUT2D eigenvalue weighted by atomic mass is 10.1. The first kappa shape index (κ1) is 11.3. The second kappa shape index (κ2) is 3.41. The SMILES string of the molecule is Nc1ccc2oc(C(F)(F)F)c(C(=O)O)c2c1. The summed E-state index contributed by atoms with van der Waals surface area (Å²) in [6.07, 6.45) is -4.86. The van der Waals surface area contributed by atoms with Gasteiger partial charge in [-0.1, -0.05) is 0 Å². The highest BCUT2D eigenvalue weighted by molar-refractivity contribution is 6.04. The number of halogens is 3. The summed E-state index contributed by atoms with van der Waals surface area (Å²) in [6.45, 7) is 0. The summed E-state index contributed by atoms with van der Waals surface area (Å²) in [6, 6.07) is 3.67. The van der Waals surface area contributed by atoms with Gasteiger partial charge in [-0.15, -0.1) is 0 Å². The van der Waals surface area contributed by atoms with E-state index in [9.17, 15) is 18.0 Å². The molecule has 0 aliphatic heterocycles. The minimum Gasteiger partial charge on any atom is -0.478 e. The largest absolute Gasteiger partial charge is 0.478 e. The molecule has 1 aromatic carbocycles. The highest BCUT2D eigenvalue weighted by atomic mass is 19.4. The summed E-state index contributed by atoms with van der Waals surface area (Å²) in [7, 11) is 0. The quantitative estimate of drug-likeness (QED) is 0.757. The van der Waals surface area contributed by atoms with Crippen molar-refractivity contribution in [2.75, 3.05) is 5.73 Å². The number of benzene rings is 1. The molecule has 2 aromatic rings. The number of alkyl halides is 3. The van der Waals surface area contributed by atoms with Crippen molar-refractivity contribution in [3.05, 3.63) is 29.5 Å². The maximum atomic E-state index is 12.6. The number of hydrogen-bond acceptors (Lipinski definition) is 3. The van der Waals surface area contributed by atoms with Crippen LogP contribution in [0.4, 0.5) is 18.9 Å². The molecule has 4 nitrogen and oxygen atoms in total. The average molecular weight is 245 g/mol. The molecule has 0 amide bonds. The van der Waals surface area contributed by atoms with Crippen LogP contribution < -0.4 is 5.73 Å². The molecular weight excluding hydrogens is 239 g/mol. The van der Waals surface area contributed by atoms with Gasteiger partial charge >= 0.3 is 12.1 Å². The van der Waals surface area contributed by atoms with Crippen LogP contribution in [0.1, 0.15) is 16.1 Å². The fourth-order valence-corrected chi connectivity index (χ4v) is 1.53. The van der Waals surface area contributed by atoms with Gasteiger partial charge in [0.05, 0.1) is 0 Å². The van der Waals surface area contributed by atoms with Crippen molar-refractivity contribution >= 4 is 22.6 Å². The Hall–Kier alpha value is -2.18. The fraction of sp³-hybridized carbons (Fsp3) is 0.100. The summed E-state index contributed by atoms with van der Waals surface area (Å²) in [5.74, 6) is -3.23. The van der Waals surface area contributed by atoms with Crippen molar-refractivity contribution < 1.29 is 27.5 Å². The van der Waals surface area contributed by atoms with Crippen LogP contribution in [-0.4, -0.2) is 11.1 Å². The van der Waals surface area contributed by atoms with Gasteiger partial charge in [0.25, 0.3) is 0 Å². The average Bonchev–Trinajstić information content (AvgIpc) is 2.55. The Morgan fingerprint density at radius 3 is 2.53 bits per heavy atom. The second-order valence-corrected chi connectivity index (χ2v) is 3.36. The van der Waals surface area contributed by atoms with E-state index in [4.69, 9.17) is 10.8 Å². The van der Waals surface area contributed by atoms with Crippen LogP contribution in [0.25, 0.3) is 11.0 Å². The van der Waals surface area contributed by atoms with E-state index in [1.165, 1.54) is 12.1 Å². The summed E-state index contributed by atoms with van der Waals surface area (Å²) in [5, 5.41) is 8.64. The Morgan fingerprint density at radius 2 is 2.00 bits per heavy atom. The molecule has 0 spiro atoms. The Labute approximate surface area is 92.4 Å². The number of carboxylic acids is 1. The molecule has 1 heterocycles. The Kier molecular flexibility index (Phi) is 2.27. The Balaban J connectivity index is 2.86. The predicted molar refractivity (Wildman–Crippen MR) is 52.6 cm³/mol. The smallest absolute Gasteiger partial charge is 0.450 e. The van der Waals surface area contributed by atoms with Crippen molar-refractivity contribution in [2.24, 2.45) is 0 Å². The number of carboxylic acid groups (broad SMARTS) is 1. The number of hydrogen-bond donors (Lipinski definition) is 2. The van der Waals surface area contributed by atoms with Crippen molar-refractivity contribution in [2.45, 2.75) is 6.18 Å². The molecular formula is C10H6F3NO3. The minimum atomic E-state index is -4.86. The normalized spacial score (nSPS) is 11.9. The minimum absolute atomic E-state index is 0.162. The van der Waals surface area contributed by atoms with Crippen molar-refractivity contribution in [1.82, 2.24) is 0 Å². The van der Waals surface area contributed by atoms with Crippen LogP contribution in [0.3, 0.4) is 0 Å². The molecule has 0 saturated carbocycles. The van der Waals surface area contributed by atoms with Gasteiger partial charge in [-0.05, 0) is 18.2 Å². The number of nitrogens with two attached hydrogens (primary N) is 1. The molecule has 0 aliphatic rings. The molecule has 0 aliphatic carbocycles. The van der Waals surface area contributed by atoms with Gasteiger partial charge in [-0.2, -0.15) is 13.2 Å². The maximum absolute atomic E-state index is 12.6. The lowest BCUT2D eigenvalue weighted by Gasteiger charge is -2.02. The van der Waals surface area contributed by atoms with Gasteiger partial charge in [0.2, 0.25) is 5.76 Å². The highest BCUT2D eigenvalue weighted by Crippen LogP contribution is 2.38. The number of aromatic carboxylic acids is 1. The van der Waals surface area contributed by atoms with E-state index in [1.54, 1.807) is 0 Å². The third kappa shape index (κ3) is 1.79. The summed E-state index contributed by atoms with van der Waals surface area (Å²) >= 11 is 0. The number of rotatable bonds is 1. The van der Waals surface area contributed by atoms with Gasteiger partial charge in [0, 0.05) is 11.1 Å². The molecule has 17 heavy (non-hydrogen) atoms. The van der Waals surface area contributed by atoms with E-state index in [0.717, 1.165) is 6.07 Å². The molecule has 0 radical (unpaired) electrons. The zero-order valence-corrected chi connectivity index (χ0v) is 8.21. The summed E-state index contributed by atoms with van der Waals surface area (Å²) < 4.78 is 42.2. The predicted octanol–water partition coefficient (Wildman–Crippen LogP) is 2.73. The molecule has 0 unspecified atom stereocenters. The maximum Gasteiger partial charge on any atom is 0.450 e. The van der Waals surface area contributed by atoms with Gasteiger partial charge in [-0.25, -0.2) is 4.79 Å². The van der Waals surface area contributed by atoms with E-state index < -0.39 is 23.5 Å². The van der Waals surface area contributed by atoms with Crippen LogP contribution in [0.2, 0.25) is 0 Å². The third-order valence-corrected chi connectivity index (χ3v) is 2.18. The number of nitrogen functional groups attached to an aromatic ring is 1. The van der Waals surface area contributed by atoms with Gasteiger partial charge in [0.15, 0.2) is 0 Å². The van der Waals surface area contributed by atoms with Gasteiger partial charge < -0.3 is 15.3 Å². The summed E-state index contributed by atoms with van der Waals surface area (Å²) in [4.78, 5) is 10.9. The molecule has 2 rings (SSSR count). The van der Waals surface area contributed by atoms with E-state index >= 15 is 0 Å². The van der Waals surface area contributed by atoms with Gasteiger partial charge in [0.1, 0.15) is 11.1 Å². The van der Waals surface area contributed by atoms with Crippen molar-refractivity contribution in [1.29, 1.82) is 0 Å². The number of furan rings is 1. The lowest BCUT2D eigenvalue weighted by Crippen LogP contribution is -2.10. The van der Waals surface area contributed by atoms with Crippen LogP contribution in [0.15, 0.2) is 22.6 Å². The van der Waals surface area contributed by atoms with E-state index in [0.29, 0.717) is 0 Å². The second-order valence-electron chi connectivity index (χ2n) is 3.36. The molecule has 0 fully saturated rings. The molecule has 0 bridgehead atoms. The highest BCUT2D eigenvalue weighted by Gasteiger charge is 2.41. The summed E-state index contributed by atoms with van der Waals surface area (Å²) in [5.41, 5.74) is 4.48. The fourth-order valence-electron chi connectivity index (χ4n) is 1.53. The molecule has 0 saturated heterocycles. The van der Waals surface area contributed by atoms with Crippen LogP contribution in [0, 0.1) is 0 Å². The third-order valence-electron chi connectivity index (χ3n) is 2.18. The molecule has 7 heteroatoms. The first-order valence-electron chi connectivity index (χ1n) is 4.43. The van der Waals surface area contributed by atoms with Crippen molar-refractivity contribution in [3.8, 4) is 0 Å².